The Morgan fingerprint density at radius 3 is 2.43 bits per heavy atom. The highest BCUT2D eigenvalue weighted by Crippen LogP contribution is 2.24. The zero-order valence-corrected chi connectivity index (χ0v) is 22.3. The van der Waals surface area contributed by atoms with E-state index in [1.165, 1.54) is 16.9 Å². The smallest absolute Gasteiger partial charge is 0.319 e. The summed E-state index contributed by atoms with van der Waals surface area (Å²) in [6, 6.07) is 14.6. The van der Waals surface area contributed by atoms with Crippen molar-refractivity contribution in [1.82, 2.24) is 15.6 Å². The van der Waals surface area contributed by atoms with Gasteiger partial charge in [-0.3, -0.25) is 4.79 Å². The molecule has 0 aliphatic heterocycles. The number of ether oxygens (including phenoxy) is 2. The predicted octanol–water partition coefficient (Wildman–Crippen LogP) is 5.72. The zero-order chi connectivity index (χ0) is 26.2. The molecule has 1 heterocycles. The van der Waals surface area contributed by atoms with Crippen molar-refractivity contribution in [2.45, 2.75) is 64.1 Å². The van der Waals surface area contributed by atoms with Crippen LogP contribution in [0.4, 0.5) is 10.5 Å². The molecule has 1 aliphatic rings. The van der Waals surface area contributed by atoms with Crippen molar-refractivity contribution in [3.8, 4) is 11.5 Å². The Morgan fingerprint density at radius 1 is 1.03 bits per heavy atom. The molecule has 0 bridgehead atoms. The summed E-state index contributed by atoms with van der Waals surface area (Å²) < 4.78 is 11.2. The minimum atomic E-state index is -0.329. The number of benzene rings is 2. The van der Waals surface area contributed by atoms with Crippen molar-refractivity contribution in [3.63, 3.8) is 0 Å². The van der Waals surface area contributed by atoms with Crippen LogP contribution < -0.4 is 25.4 Å². The molecule has 3 N–H and O–H groups in total. The van der Waals surface area contributed by atoms with Gasteiger partial charge in [0, 0.05) is 11.4 Å². The fourth-order valence-electron chi connectivity index (χ4n) is 4.37. The van der Waals surface area contributed by atoms with E-state index in [0.29, 0.717) is 29.7 Å². The third-order valence-corrected chi connectivity index (χ3v) is 7.27. The highest BCUT2D eigenvalue weighted by atomic mass is 32.1. The molecule has 0 spiro atoms. The first-order valence-electron chi connectivity index (χ1n) is 12.6. The van der Waals surface area contributed by atoms with Crippen molar-refractivity contribution < 1.29 is 19.1 Å². The monoisotopic (exact) mass is 522 g/mol. The lowest BCUT2D eigenvalue weighted by molar-refractivity contribution is 0.0911. The van der Waals surface area contributed by atoms with Crippen molar-refractivity contribution in [2.24, 2.45) is 0 Å². The van der Waals surface area contributed by atoms with E-state index in [2.05, 4.69) is 46.9 Å². The van der Waals surface area contributed by atoms with E-state index in [4.69, 9.17) is 9.47 Å². The predicted molar refractivity (Wildman–Crippen MR) is 146 cm³/mol. The fourth-order valence-corrected chi connectivity index (χ4v) is 5.05. The van der Waals surface area contributed by atoms with Gasteiger partial charge in [0.2, 0.25) is 0 Å². The first kappa shape index (κ1) is 26.5. The van der Waals surface area contributed by atoms with Gasteiger partial charge in [-0.2, -0.15) is 0 Å². The Hall–Kier alpha value is -3.59. The van der Waals surface area contributed by atoms with Gasteiger partial charge in [-0.15, -0.1) is 11.3 Å². The molecule has 3 amide bonds. The maximum atomic E-state index is 13.0. The number of para-hydroxylation sites is 2. The van der Waals surface area contributed by atoms with Gasteiger partial charge in [0.1, 0.15) is 28.8 Å². The maximum absolute atomic E-state index is 13.0. The molecule has 0 unspecified atom stereocenters. The van der Waals surface area contributed by atoms with Crippen LogP contribution in [0.2, 0.25) is 0 Å². The van der Waals surface area contributed by atoms with E-state index in [-0.39, 0.29) is 24.0 Å². The number of urea groups is 1. The Labute approximate surface area is 221 Å². The number of rotatable bonds is 9. The van der Waals surface area contributed by atoms with E-state index in [9.17, 15) is 9.59 Å². The normalized spacial score (nSPS) is 17.2. The third kappa shape index (κ3) is 7.22. The van der Waals surface area contributed by atoms with Gasteiger partial charge < -0.3 is 25.4 Å². The molecule has 1 saturated carbocycles. The molecule has 1 aromatic heterocycles. The van der Waals surface area contributed by atoms with E-state index < -0.39 is 0 Å². The molecular formula is C28H34N4O4S. The summed E-state index contributed by atoms with van der Waals surface area (Å²) in [5.41, 5.74) is 2.21. The number of anilines is 1. The lowest BCUT2D eigenvalue weighted by Gasteiger charge is -2.32. The maximum Gasteiger partial charge on any atom is 0.319 e. The molecule has 0 saturated heterocycles. The average Bonchev–Trinajstić information content (AvgIpc) is 3.38. The first-order valence-corrected chi connectivity index (χ1v) is 13.5. The van der Waals surface area contributed by atoms with Crippen LogP contribution in [0, 0.1) is 0 Å². The summed E-state index contributed by atoms with van der Waals surface area (Å²) in [7, 11) is 1.56. The number of amides is 3. The number of nitrogens with one attached hydrogen (secondary N) is 3. The second kappa shape index (κ2) is 12.6. The van der Waals surface area contributed by atoms with Gasteiger partial charge in [-0.1, -0.05) is 51.0 Å². The lowest BCUT2D eigenvalue weighted by atomic mass is 9.90. The number of hydrogen-bond acceptors (Lipinski definition) is 6. The van der Waals surface area contributed by atoms with Crippen molar-refractivity contribution >= 4 is 29.0 Å². The second-order valence-electron chi connectivity index (χ2n) is 9.41. The first-order chi connectivity index (χ1) is 17.9. The molecule has 196 valence electrons. The number of aromatic nitrogens is 1. The van der Waals surface area contributed by atoms with E-state index in [0.717, 1.165) is 36.4 Å². The summed E-state index contributed by atoms with van der Waals surface area (Å²) >= 11 is 1.39. The minimum Gasteiger partial charge on any atom is -0.495 e. The number of nitrogens with zero attached hydrogens (tertiary/aromatic N) is 1. The number of methoxy groups -OCH3 is 1. The molecule has 1 fully saturated rings. The van der Waals surface area contributed by atoms with Crippen LogP contribution in [-0.2, 0) is 6.61 Å². The summed E-state index contributed by atoms with van der Waals surface area (Å²) in [5.74, 6) is 1.58. The van der Waals surface area contributed by atoms with Crippen LogP contribution in [0.3, 0.4) is 0 Å². The second-order valence-corrected chi connectivity index (χ2v) is 10.4. The number of thiazole rings is 1. The van der Waals surface area contributed by atoms with E-state index in [1.54, 1.807) is 24.6 Å². The molecule has 2 atom stereocenters. The van der Waals surface area contributed by atoms with Gasteiger partial charge in [0.25, 0.3) is 5.91 Å². The molecule has 2 aromatic carbocycles. The Bertz CT molecular complexity index is 1190. The van der Waals surface area contributed by atoms with Gasteiger partial charge in [-0.25, -0.2) is 9.78 Å². The molecule has 3 aromatic rings. The van der Waals surface area contributed by atoms with Crippen LogP contribution >= 0.6 is 11.3 Å². The number of hydrogen-bond donors (Lipinski definition) is 3. The van der Waals surface area contributed by atoms with Gasteiger partial charge >= 0.3 is 6.03 Å². The highest BCUT2D eigenvalue weighted by Gasteiger charge is 2.29. The van der Waals surface area contributed by atoms with Crippen molar-refractivity contribution in [2.75, 3.05) is 12.4 Å². The van der Waals surface area contributed by atoms with Crippen LogP contribution in [0.5, 0.6) is 11.5 Å². The molecular weight excluding hydrogens is 488 g/mol. The van der Waals surface area contributed by atoms with Gasteiger partial charge in [0.15, 0.2) is 0 Å². The lowest BCUT2D eigenvalue weighted by Crippen LogP contribution is -2.54. The summed E-state index contributed by atoms with van der Waals surface area (Å²) in [5, 5.41) is 11.4. The molecule has 4 rings (SSSR count). The van der Waals surface area contributed by atoms with Gasteiger partial charge in [0.05, 0.1) is 18.8 Å². The quantitative estimate of drug-likeness (QED) is 0.334. The fraction of sp³-hybridized carbons (Fsp3) is 0.393. The van der Waals surface area contributed by atoms with Crippen LogP contribution in [0.1, 0.15) is 66.5 Å². The number of carbonyl (C=O) groups is 2. The highest BCUT2D eigenvalue weighted by molar-refractivity contribution is 7.09. The molecule has 1 aliphatic carbocycles. The summed E-state index contributed by atoms with van der Waals surface area (Å²) in [4.78, 5) is 30.1. The summed E-state index contributed by atoms with van der Waals surface area (Å²) in [6.45, 7) is 4.61. The van der Waals surface area contributed by atoms with Crippen LogP contribution in [-0.4, -0.2) is 36.1 Å². The average molecular weight is 523 g/mol. The Kier molecular flexibility index (Phi) is 9.00. The van der Waals surface area contributed by atoms with Crippen molar-refractivity contribution in [3.05, 3.63) is 70.2 Å². The van der Waals surface area contributed by atoms with Crippen LogP contribution in [0.15, 0.2) is 53.9 Å². The largest absolute Gasteiger partial charge is 0.495 e. The molecule has 8 nitrogen and oxygen atoms in total. The Balaban J connectivity index is 1.30. The third-order valence-electron chi connectivity index (χ3n) is 6.45. The molecule has 9 heteroatoms. The zero-order valence-electron chi connectivity index (χ0n) is 21.5. The molecule has 37 heavy (non-hydrogen) atoms. The van der Waals surface area contributed by atoms with E-state index >= 15 is 0 Å². The van der Waals surface area contributed by atoms with E-state index in [1.807, 2.05) is 24.3 Å². The SMILES string of the molecule is COc1ccccc1NC(=O)N[C@H]1CCCC[C@@H]1NC(=O)c1csc(COc2ccc(C(C)C)cc2)n1. The minimum absolute atomic E-state index is 0.175. The Morgan fingerprint density at radius 2 is 1.73 bits per heavy atom. The van der Waals surface area contributed by atoms with Crippen LogP contribution in [0.25, 0.3) is 0 Å². The topological polar surface area (TPSA) is 102 Å². The number of carbonyl (C=O) groups excluding carboxylic acids is 2. The summed E-state index contributed by atoms with van der Waals surface area (Å²) in [6.07, 6.45) is 3.55. The molecule has 0 radical (unpaired) electrons. The standard InChI is InChI=1S/C28H34N4O4S/c1-18(2)19-12-14-20(15-13-19)36-16-26-29-24(17-37-26)27(33)30-21-8-4-5-9-22(21)31-28(34)32-23-10-6-7-11-25(23)35-3/h6-7,10-15,17-18,21-22H,4-5,8-9,16H2,1-3H3,(H,30,33)(H2,31,32,34)/t21-,22-/m0/s1. The van der Waals surface area contributed by atoms with Gasteiger partial charge in [-0.05, 0) is 48.6 Å². The van der Waals surface area contributed by atoms with Crippen molar-refractivity contribution in [1.29, 1.82) is 0 Å².